The first-order valence-corrected chi connectivity index (χ1v) is 6.79. The Morgan fingerprint density at radius 3 is 2.47 bits per heavy atom. The summed E-state index contributed by atoms with van der Waals surface area (Å²) in [5, 5.41) is 7.42. The van der Waals surface area contributed by atoms with Gasteiger partial charge < -0.3 is 0 Å². The van der Waals surface area contributed by atoms with Gasteiger partial charge in [-0.2, -0.15) is 0 Å². The lowest BCUT2D eigenvalue weighted by Crippen LogP contribution is -1.78. The molecule has 2 aromatic heterocycles. The van der Waals surface area contributed by atoms with Crippen LogP contribution in [0.5, 0.6) is 0 Å². The van der Waals surface area contributed by atoms with Crippen molar-refractivity contribution in [2.45, 2.75) is 20.8 Å². The van der Waals surface area contributed by atoms with E-state index in [1.165, 1.54) is 36.9 Å². The van der Waals surface area contributed by atoms with Crippen molar-refractivity contribution < 1.29 is 0 Å². The summed E-state index contributed by atoms with van der Waals surface area (Å²) in [5.41, 5.74) is 4.28. The number of rotatable bonds is 0. The predicted molar refractivity (Wildman–Crippen MR) is 71.4 cm³/mol. The van der Waals surface area contributed by atoms with Gasteiger partial charge in [0, 0.05) is 9.40 Å². The van der Waals surface area contributed by atoms with Crippen molar-refractivity contribution in [3.8, 4) is 0 Å². The van der Waals surface area contributed by atoms with Crippen LogP contribution in [0.15, 0.2) is 16.8 Å². The van der Waals surface area contributed by atoms with Gasteiger partial charge in [-0.15, -0.1) is 22.7 Å². The Morgan fingerprint density at radius 2 is 1.67 bits per heavy atom. The number of hydrogen-bond acceptors (Lipinski definition) is 2. The molecule has 3 aromatic rings. The molecular weight excluding hydrogens is 220 g/mol. The van der Waals surface area contributed by atoms with Crippen LogP contribution in [0.4, 0.5) is 0 Å². The fourth-order valence-electron chi connectivity index (χ4n) is 2.22. The maximum absolute atomic E-state index is 2.35. The van der Waals surface area contributed by atoms with E-state index in [2.05, 4.69) is 37.6 Å². The molecule has 0 bridgehead atoms. The Hall–Kier alpha value is -0.860. The summed E-state index contributed by atoms with van der Waals surface area (Å²) in [7, 11) is 0. The van der Waals surface area contributed by atoms with Gasteiger partial charge in [0.2, 0.25) is 0 Å². The van der Waals surface area contributed by atoms with Gasteiger partial charge in [0.1, 0.15) is 0 Å². The quantitative estimate of drug-likeness (QED) is 0.509. The van der Waals surface area contributed by atoms with Gasteiger partial charge in [0.15, 0.2) is 0 Å². The second kappa shape index (κ2) is 3.06. The Balaban J connectivity index is 2.63. The SMILES string of the molecule is Cc1csc2c(C)c3c(C)csc3cc12. The molecule has 0 spiro atoms. The summed E-state index contributed by atoms with van der Waals surface area (Å²) >= 11 is 3.73. The highest BCUT2D eigenvalue weighted by molar-refractivity contribution is 7.19. The normalized spacial score (nSPS) is 11.7. The molecule has 0 radical (unpaired) electrons. The van der Waals surface area contributed by atoms with E-state index >= 15 is 0 Å². The topological polar surface area (TPSA) is 0 Å². The number of benzene rings is 1. The van der Waals surface area contributed by atoms with Crippen LogP contribution < -0.4 is 0 Å². The second-order valence-corrected chi connectivity index (χ2v) is 5.88. The zero-order valence-corrected chi connectivity index (χ0v) is 10.7. The number of fused-ring (bicyclic) bond motifs is 2. The second-order valence-electron chi connectivity index (χ2n) is 4.09. The smallest absolute Gasteiger partial charge is 0.0381 e. The molecule has 76 valence electrons. The third-order valence-corrected chi connectivity index (χ3v) is 5.30. The van der Waals surface area contributed by atoms with E-state index < -0.39 is 0 Å². The highest BCUT2D eigenvalue weighted by Gasteiger charge is 2.10. The van der Waals surface area contributed by atoms with E-state index in [9.17, 15) is 0 Å². The summed E-state index contributed by atoms with van der Waals surface area (Å²) in [5.74, 6) is 0. The van der Waals surface area contributed by atoms with E-state index in [1.807, 2.05) is 22.7 Å². The molecule has 1 aromatic carbocycles. The highest BCUT2D eigenvalue weighted by atomic mass is 32.1. The van der Waals surface area contributed by atoms with Crippen molar-refractivity contribution in [2.75, 3.05) is 0 Å². The first-order valence-electron chi connectivity index (χ1n) is 5.03. The van der Waals surface area contributed by atoms with Crippen LogP contribution in [0.2, 0.25) is 0 Å². The summed E-state index contributed by atoms with van der Waals surface area (Å²) in [4.78, 5) is 0. The zero-order chi connectivity index (χ0) is 10.6. The summed E-state index contributed by atoms with van der Waals surface area (Å²) < 4.78 is 2.89. The maximum atomic E-state index is 2.35. The van der Waals surface area contributed by atoms with Crippen LogP contribution in [0.1, 0.15) is 16.7 Å². The molecule has 0 saturated carbocycles. The molecule has 3 rings (SSSR count). The van der Waals surface area contributed by atoms with Crippen LogP contribution in [-0.4, -0.2) is 0 Å². The van der Waals surface area contributed by atoms with Crippen LogP contribution in [-0.2, 0) is 0 Å². The van der Waals surface area contributed by atoms with Crippen molar-refractivity contribution >= 4 is 42.8 Å². The van der Waals surface area contributed by atoms with Gasteiger partial charge in [0.25, 0.3) is 0 Å². The van der Waals surface area contributed by atoms with Gasteiger partial charge in [0.05, 0.1) is 0 Å². The minimum atomic E-state index is 1.41. The van der Waals surface area contributed by atoms with Crippen molar-refractivity contribution in [1.82, 2.24) is 0 Å². The monoisotopic (exact) mass is 232 g/mol. The average molecular weight is 232 g/mol. The van der Waals surface area contributed by atoms with Gasteiger partial charge in [-0.1, -0.05) is 0 Å². The molecule has 0 aliphatic heterocycles. The van der Waals surface area contributed by atoms with Gasteiger partial charge in [-0.05, 0) is 65.1 Å². The molecular formula is C13H12S2. The summed E-state index contributed by atoms with van der Waals surface area (Å²) in [6.07, 6.45) is 0. The van der Waals surface area contributed by atoms with Crippen LogP contribution in [0.25, 0.3) is 20.2 Å². The average Bonchev–Trinajstić information content (AvgIpc) is 2.74. The molecule has 0 nitrogen and oxygen atoms in total. The number of aryl methyl sites for hydroxylation is 3. The largest absolute Gasteiger partial charge is 0.143 e. The Bertz CT molecular complexity index is 656. The molecule has 2 heteroatoms. The molecule has 0 saturated heterocycles. The van der Waals surface area contributed by atoms with E-state index in [0.717, 1.165) is 0 Å². The number of thiophene rings is 2. The predicted octanol–water partition coefficient (Wildman–Crippen LogP) is 5.04. The minimum Gasteiger partial charge on any atom is -0.143 e. The lowest BCUT2D eigenvalue weighted by molar-refractivity contribution is 1.54. The fraction of sp³-hybridized carbons (Fsp3) is 0.231. The molecule has 0 amide bonds. The zero-order valence-electron chi connectivity index (χ0n) is 9.05. The van der Waals surface area contributed by atoms with Crippen molar-refractivity contribution in [3.63, 3.8) is 0 Å². The minimum absolute atomic E-state index is 1.41. The van der Waals surface area contributed by atoms with Gasteiger partial charge in [-0.3, -0.25) is 0 Å². The number of hydrogen-bond donors (Lipinski definition) is 0. The third kappa shape index (κ3) is 1.18. The first-order chi connectivity index (χ1) is 7.18. The van der Waals surface area contributed by atoms with Gasteiger partial charge >= 0.3 is 0 Å². The molecule has 0 fully saturated rings. The van der Waals surface area contributed by atoms with Crippen molar-refractivity contribution in [1.29, 1.82) is 0 Å². The lowest BCUT2D eigenvalue weighted by Gasteiger charge is -2.01. The lowest BCUT2D eigenvalue weighted by atomic mass is 10.0. The van der Waals surface area contributed by atoms with E-state index in [4.69, 9.17) is 0 Å². The molecule has 0 N–H and O–H groups in total. The maximum Gasteiger partial charge on any atom is 0.0381 e. The molecule has 0 aliphatic rings. The summed E-state index contributed by atoms with van der Waals surface area (Å²) in [6, 6.07) is 2.35. The Labute approximate surface area is 97.2 Å². The third-order valence-electron chi connectivity index (χ3n) is 3.02. The standard InChI is InChI=1S/C13H12S2/c1-7-5-15-13-9(3)12-8(2)6-14-11(12)4-10(7)13/h4-6H,1-3H3. The van der Waals surface area contributed by atoms with Crippen molar-refractivity contribution in [3.05, 3.63) is 33.5 Å². The molecule has 0 aliphatic carbocycles. The van der Waals surface area contributed by atoms with Crippen LogP contribution >= 0.6 is 22.7 Å². The van der Waals surface area contributed by atoms with Crippen LogP contribution in [0, 0.1) is 20.8 Å². The van der Waals surface area contributed by atoms with Gasteiger partial charge in [-0.25, -0.2) is 0 Å². The van der Waals surface area contributed by atoms with Crippen molar-refractivity contribution in [2.24, 2.45) is 0 Å². The van der Waals surface area contributed by atoms with E-state index in [1.54, 1.807) is 0 Å². The first kappa shape index (κ1) is 9.37. The molecule has 0 atom stereocenters. The fourth-order valence-corrected chi connectivity index (χ4v) is 4.31. The molecule has 15 heavy (non-hydrogen) atoms. The molecule has 0 unspecified atom stereocenters. The van der Waals surface area contributed by atoms with Crippen LogP contribution in [0.3, 0.4) is 0 Å². The Morgan fingerprint density at radius 1 is 0.933 bits per heavy atom. The Kier molecular flexibility index (Phi) is 1.91. The van der Waals surface area contributed by atoms with E-state index in [0.29, 0.717) is 0 Å². The molecule has 2 heterocycles. The summed E-state index contributed by atoms with van der Waals surface area (Å²) in [6.45, 7) is 6.66. The highest BCUT2D eigenvalue weighted by Crippen LogP contribution is 2.37. The van der Waals surface area contributed by atoms with E-state index in [-0.39, 0.29) is 0 Å².